The maximum absolute atomic E-state index is 11.9. The SMILES string of the molecule is CC(C)(O)O.Cc1cc2cc(C3OC(C)CC3C)n3c2c(nc1=O)N=CN3. The van der Waals surface area contributed by atoms with Crippen molar-refractivity contribution < 1.29 is 14.9 Å². The molecule has 8 heteroatoms. The van der Waals surface area contributed by atoms with Crippen LogP contribution < -0.4 is 11.0 Å². The number of hydrogen-bond acceptors (Lipinski definition) is 7. The van der Waals surface area contributed by atoms with Gasteiger partial charge < -0.3 is 14.9 Å². The highest BCUT2D eigenvalue weighted by atomic mass is 16.5. The lowest BCUT2D eigenvalue weighted by atomic mass is 10.00. The fraction of sp³-hybridized carbons (Fsp3) is 0.526. The van der Waals surface area contributed by atoms with Crippen molar-refractivity contribution in [3.63, 3.8) is 0 Å². The van der Waals surface area contributed by atoms with E-state index in [9.17, 15) is 4.79 Å². The first-order valence-electron chi connectivity index (χ1n) is 9.01. The van der Waals surface area contributed by atoms with Crippen LogP contribution in [0.4, 0.5) is 5.82 Å². The molecule has 3 unspecified atom stereocenters. The fourth-order valence-electron chi connectivity index (χ4n) is 3.46. The molecule has 4 heterocycles. The molecule has 27 heavy (non-hydrogen) atoms. The Hall–Kier alpha value is -2.29. The lowest BCUT2D eigenvalue weighted by molar-refractivity contribution is -0.127. The minimum absolute atomic E-state index is 0.0339. The molecule has 0 aliphatic carbocycles. The van der Waals surface area contributed by atoms with Crippen molar-refractivity contribution in [3.05, 3.63) is 33.7 Å². The minimum Gasteiger partial charge on any atom is -0.369 e. The van der Waals surface area contributed by atoms with Crippen molar-refractivity contribution in [1.82, 2.24) is 9.66 Å². The second-order valence-corrected chi connectivity index (χ2v) is 7.74. The third-order valence-electron chi connectivity index (χ3n) is 4.45. The van der Waals surface area contributed by atoms with Crippen LogP contribution in [0.5, 0.6) is 0 Å². The van der Waals surface area contributed by atoms with Crippen molar-refractivity contribution in [1.29, 1.82) is 0 Å². The summed E-state index contributed by atoms with van der Waals surface area (Å²) in [5.74, 6) is -0.602. The number of aryl methyl sites for hydroxylation is 1. The van der Waals surface area contributed by atoms with Crippen molar-refractivity contribution in [3.8, 4) is 0 Å². The van der Waals surface area contributed by atoms with Crippen LogP contribution in [0.15, 0.2) is 21.9 Å². The minimum atomic E-state index is -1.50. The van der Waals surface area contributed by atoms with Crippen molar-refractivity contribution >= 4 is 23.1 Å². The predicted octanol–water partition coefficient (Wildman–Crippen LogP) is 2.11. The van der Waals surface area contributed by atoms with E-state index in [0.717, 1.165) is 23.0 Å². The van der Waals surface area contributed by atoms with E-state index in [1.807, 2.05) is 10.7 Å². The van der Waals surface area contributed by atoms with Crippen molar-refractivity contribution in [2.24, 2.45) is 10.9 Å². The molecule has 2 aliphatic heterocycles. The van der Waals surface area contributed by atoms with Gasteiger partial charge in [0.25, 0.3) is 5.56 Å². The average molecular weight is 374 g/mol. The topological polar surface area (TPSA) is 109 Å². The van der Waals surface area contributed by atoms with Gasteiger partial charge in [0.1, 0.15) is 18.0 Å². The van der Waals surface area contributed by atoms with Gasteiger partial charge in [-0.25, -0.2) is 4.99 Å². The number of rotatable bonds is 1. The Morgan fingerprint density at radius 3 is 2.56 bits per heavy atom. The van der Waals surface area contributed by atoms with E-state index in [1.165, 1.54) is 13.8 Å². The van der Waals surface area contributed by atoms with Gasteiger partial charge in [0.2, 0.25) is 0 Å². The highest BCUT2D eigenvalue weighted by Gasteiger charge is 2.34. The molecule has 3 N–H and O–H groups in total. The summed E-state index contributed by atoms with van der Waals surface area (Å²) >= 11 is 0. The van der Waals surface area contributed by atoms with Gasteiger partial charge in [-0.2, -0.15) is 4.98 Å². The van der Waals surface area contributed by atoms with Crippen LogP contribution in [0.25, 0.3) is 10.9 Å². The van der Waals surface area contributed by atoms with Gasteiger partial charge in [0, 0.05) is 10.9 Å². The summed E-state index contributed by atoms with van der Waals surface area (Å²) < 4.78 is 8.03. The first kappa shape index (κ1) is 19.5. The summed E-state index contributed by atoms with van der Waals surface area (Å²) in [6, 6.07) is 3.95. The highest BCUT2D eigenvalue weighted by Crippen LogP contribution is 2.40. The third-order valence-corrected chi connectivity index (χ3v) is 4.45. The van der Waals surface area contributed by atoms with Gasteiger partial charge in [-0.05, 0) is 52.2 Å². The molecule has 4 rings (SSSR count). The quantitative estimate of drug-likeness (QED) is 0.660. The third kappa shape index (κ3) is 4.18. The molecule has 146 valence electrons. The molecule has 1 saturated heterocycles. The lowest BCUT2D eigenvalue weighted by Crippen LogP contribution is -2.21. The molecule has 0 saturated carbocycles. The Kier molecular flexibility index (Phi) is 5.07. The monoisotopic (exact) mass is 374 g/mol. The van der Waals surface area contributed by atoms with E-state index in [4.69, 9.17) is 14.9 Å². The molecule has 0 spiro atoms. The normalized spacial score (nSPS) is 23.7. The summed E-state index contributed by atoms with van der Waals surface area (Å²) in [4.78, 5) is 20.3. The lowest BCUT2D eigenvalue weighted by Gasteiger charge is -2.19. The Labute approximate surface area is 157 Å². The maximum Gasteiger partial charge on any atom is 0.274 e. The number of hydrogen-bond donors (Lipinski definition) is 3. The molecule has 0 amide bonds. The summed E-state index contributed by atoms with van der Waals surface area (Å²) in [6.07, 6.45) is 2.90. The molecule has 8 nitrogen and oxygen atoms in total. The average Bonchev–Trinajstić information content (AvgIpc) is 3.02. The van der Waals surface area contributed by atoms with Crippen LogP contribution in [-0.4, -0.2) is 38.1 Å². The zero-order chi connectivity index (χ0) is 19.9. The van der Waals surface area contributed by atoms with Gasteiger partial charge in [-0.15, -0.1) is 0 Å². The van der Waals surface area contributed by atoms with Crippen LogP contribution in [0.2, 0.25) is 0 Å². The van der Waals surface area contributed by atoms with Gasteiger partial charge in [-0.3, -0.25) is 14.9 Å². The van der Waals surface area contributed by atoms with E-state index in [0.29, 0.717) is 17.3 Å². The fourth-order valence-corrected chi connectivity index (χ4v) is 3.46. The van der Waals surface area contributed by atoms with Crippen LogP contribution in [0, 0.1) is 12.8 Å². The zero-order valence-corrected chi connectivity index (χ0v) is 16.2. The standard InChI is InChI=1S/C16H18N4O2.C3H8O2/c1-8-4-10(3)22-14(8)12-6-11-5-9(2)16(21)19-15-13(11)20(12)18-7-17-15;1-3(2,4)5/h5-8,10,14H,4H2,1-3H3,(H,17,18,19,21);4-5H,1-2H3. The molecule has 2 aromatic heterocycles. The first-order chi connectivity index (χ1) is 12.5. The molecule has 2 aliphatic rings. The Bertz CT molecular complexity index is 939. The number of ether oxygens (including phenoxy) is 1. The molecule has 0 radical (unpaired) electrons. The number of aliphatic imine (C=N–C) groups is 1. The molecule has 2 aromatic rings. The molecular weight excluding hydrogens is 348 g/mol. The zero-order valence-electron chi connectivity index (χ0n) is 16.2. The van der Waals surface area contributed by atoms with E-state index in [1.54, 1.807) is 13.3 Å². The summed E-state index contributed by atoms with van der Waals surface area (Å²) in [5, 5.41) is 17.1. The molecule has 1 fully saturated rings. The smallest absolute Gasteiger partial charge is 0.274 e. The van der Waals surface area contributed by atoms with Crippen LogP contribution in [-0.2, 0) is 4.74 Å². The van der Waals surface area contributed by atoms with Gasteiger partial charge in [0.05, 0.1) is 11.8 Å². The van der Waals surface area contributed by atoms with Crippen LogP contribution in [0.3, 0.4) is 0 Å². The molecular formula is C19H26N4O4. The molecule has 3 atom stereocenters. The van der Waals surface area contributed by atoms with Crippen molar-refractivity contribution in [2.75, 3.05) is 5.43 Å². The van der Waals surface area contributed by atoms with E-state index < -0.39 is 5.79 Å². The first-order valence-corrected chi connectivity index (χ1v) is 9.01. The summed E-state index contributed by atoms with van der Waals surface area (Å²) in [6.45, 7) is 8.68. The van der Waals surface area contributed by atoms with Gasteiger partial charge >= 0.3 is 0 Å². The largest absolute Gasteiger partial charge is 0.369 e. The Morgan fingerprint density at radius 2 is 1.96 bits per heavy atom. The summed E-state index contributed by atoms with van der Waals surface area (Å²) in [5.41, 5.74) is 5.41. The number of aromatic nitrogens is 2. The van der Waals surface area contributed by atoms with Gasteiger partial charge in [0.15, 0.2) is 11.6 Å². The number of aliphatic hydroxyl groups is 2. The molecule has 0 bridgehead atoms. The Balaban J connectivity index is 0.000000376. The number of nitrogens with one attached hydrogen (secondary N) is 1. The van der Waals surface area contributed by atoms with Crippen LogP contribution >= 0.6 is 0 Å². The second-order valence-electron chi connectivity index (χ2n) is 7.74. The Morgan fingerprint density at radius 1 is 1.30 bits per heavy atom. The van der Waals surface area contributed by atoms with Crippen molar-refractivity contribution in [2.45, 2.75) is 59.0 Å². The highest BCUT2D eigenvalue weighted by molar-refractivity contribution is 5.94. The second kappa shape index (κ2) is 7.03. The maximum atomic E-state index is 11.9. The summed E-state index contributed by atoms with van der Waals surface area (Å²) in [7, 11) is 0. The predicted molar refractivity (Wildman–Crippen MR) is 104 cm³/mol. The van der Waals surface area contributed by atoms with Gasteiger partial charge in [-0.1, -0.05) is 6.92 Å². The van der Waals surface area contributed by atoms with E-state index in [2.05, 4.69) is 35.3 Å². The van der Waals surface area contributed by atoms with E-state index in [-0.39, 0.29) is 17.8 Å². The molecule has 0 aromatic carbocycles. The number of nitrogens with zero attached hydrogens (tertiary/aromatic N) is 3. The van der Waals surface area contributed by atoms with E-state index >= 15 is 0 Å². The van der Waals surface area contributed by atoms with Crippen LogP contribution in [0.1, 0.15) is 51.5 Å².